The van der Waals surface area contributed by atoms with Crippen LogP contribution in [-0.2, 0) is 21.2 Å². The molecule has 0 saturated carbocycles. The summed E-state index contributed by atoms with van der Waals surface area (Å²) in [5, 5.41) is 0. The number of hydrogen-bond acceptors (Lipinski definition) is 4. The molecule has 6 heteroatoms. The van der Waals surface area contributed by atoms with Gasteiger partial charge in [0, 0.05) is 12.6 Å². The van der Waals surface area contributed by atoms with Crippen LogP contribution >= 0.6 is 0 Å². The Morgan fingerprint density at radius 2 is 1.48 bits per heavy atom. The van der Waals surface area contributed by atoms with Gasteiger partial charge in [0.2, 0.25) is 5.91 Å². The number of sulfone groups is 1. The fraction of sp³-hybridized carbons (Fsp3) is 0.143. The van der Waals surface area contributed by atoms with E-state index in [2.05, 4.69) is 4.98 Å². The van der Waals surface area contributed by atoms with Crippen LogP contribution < -0.4 is 4.90 Å². The Morgan fingerprint density at radius 1 is 0.852 bits per heavy atom. The van der Waals surface area contributed by atoms with Gasteiger partial charge in [0.1, 0.15) is 5.82 Å². The molecule has 27 heavy (non-hydrogen) atoms. The van der Waals surface area contributed by atoms with E-state index >= 15 is 0 Å². The zero-order valence-electron chi connectivity index (χ0n) is 14.7. The summed E-state index contributed by atoms with van der Waals surface area (Å²) in [5.41, 5.74) is 0.947. The lowest BCUT2D eigenvalue weighted by Crippen LogP contribution is -2.32. The summed E-state index contributed by atoms with van der Waals surface area (Å²) in [6.07, 6.45) is 1.50. The molecule has 1 amide bonds. The van der Waals surface area contributed by atoms with Gasteiger partial charge in [-0.25, -0.2) is 13.4 Å². The van der Waals surface area contributed by atoms with Crippen molar-refractivity contribution in [2.75, 3.05) is 10.7 Å². The summed E-state index contributed by atoms with van der Waals surface area (Å²) in [6, 6.07) is 23.0. The molecular formula is C21H20N2O3S. The molecule has 1 heterocycles. The largest absolute Gasteiger partial charge is 0.292 e. The monoisotopic (exact) mass is 380 g/mol. The fourth-order valence-corrected chi connectivity index (χ4v) is 3.93. The van der Waals surface area contributed by atoms with E-state index in [1.807, 2.05) is 30.3 Å². The van der Waals surface area contributed by atoms with Crippen molar-refractivity contribution in [2.24, 2.45) is 0 Å². The van der Waals surface area contributed by atoms with E-state index in [0.29, 0.717) is 12.4 Å². The molecule has 5 nitrogen and oxygen atoms in total. The van der Waals surface area contributed by atoms with Crippen molar-refractivity contribution >= 4 is 21.6 Å². The highest BCUT2D eigenvalue weighted by atomic mass is 32.2. The quantitative estimate of drug-likeness (QED) is 0.629. The van der Waals surface area contributed by atoms with Gasteiger partial charge in [-0.05, 0) is 29.8 Å². The SMILES string of the molecule is O=C(CCS(=O)(=O)c1ccccc1)N(Cc1ccccc1)c1ccccn1. The third-order valence-electron chi connectivity index (χ3n) is 4.10. The molecular weight excluding hydrogens is 360 g/mol. The van der Waals surface area contributed by atoms with Gasteiger partial charge < -0.3 is 0 Å². The summed E-state index contributed by atoms with van der Waals surface area (Å²) < 4.78 is 24.9. The lowest BCUT2D eigenvalue weighted by atomic mass is 10.2. The minimum Gasteiger partial charge on any atom is -0.292 e. The van der Waals surface area contributed by atoms with Gasteiger partial charge in [0.25, 0.3) is 0 Å². The van der Waals surface area contributed by atoms with Crippen LogP contribution in [0.1, 0.15) is 12.0 Å². The maximum Gasteiger partial charge on any atom is 0.229 e. The molecule has 0 bridgehead atoms. The molecule has 138 valence electrons. The third-order valence-corrected chi connectivity index (χ3v) is 5.83. The zero-order chi connectivity index (χ0) is 19.1. The topological polar surface area (TPSA) is 67.3 Å². The smallest absolute Gasteiger partial charge is 0.229 e. The van der Waals surface area contributed by atoms with Crippen molar-refractivity contribution in [2.45, 2.75) is 17.9 Å². The predicted octanol–water partition coefficient (Wildman–Crippen LogP) is 3.48. The standard InChI is InChI=1S/C21H20N2O3S/c24-21(14-16-27(25,26)19-11-5-2-6-12-19)23(20-13-7-8-15-22-20)17-18-9-3-1-4-10-18/h1-13,15H,14,16-17H2. The van der Waals surface area contributed by atoms with Gasteiger partial charge in [0.05, 0.1) is 17.2 Å². The van der Waals surface area contributed by atoms with E-state index in [9.17, 15) is 13.2 Å². The average Bonchev–Trinajstić information content (AvgIpc) is 2.72. The molecule has 0 unspecified atom stereocenters. The maximum absolute atomic E-state index is 12.8. The van der Waals surface area contributed by atoms with E-state index in [4.69, 9.17) is 0 Å². The summed E-state index contributed by atoms with van der Waals surface area (Å²) in [6.45, 7) is 0.335. The van der Waals surface area contributed by atoms with Crippen molar-refractivity contribution in [3.05, 3.63) is 90.6 Å². The first-order chi connectivity index (χ1) is 13.1. The molecule has 0 radical (unpaired) electrons. The molecule has 1 aromatic heterocycles. The van der Waals surface area contributed by atoms with Crippen LogP contribution in [0.5, 0.6) is 0 Å². The third kappa shape index (κ3) is 5.01. The second-order valence-electron chi connectivity index (χ2n) is 6.04. The molecule has 2 aromatic carbocycles. The van der Waals surface area contributed by atoms with E-state index in [1.54, 1.807) is 54.7 Å². The predicted molar refractivity (Wildman–Crippen MR) is 105 cm³/mol. The van der Waals surface area contributed by atoms with Gasteiger partial charge in [-0.3, -0.25) is 9.69 Å². The lowest BCUT2D eigenvalue weighted by Gasteiger charge is -2.22. The van der Waals surface area contributed by atoms with Crippen LogP contribution in [0.25, 0.3) is 0 Å². The summed E-state index contributed by atoms with van der Waals surface area (Å²) in [4.78, 5) is 18.9. The van der Waals surface area contributed by atoms with Crippen molar-refractivity contribution in [1.29, 1.82) is 0 Å². The average molecular weight is 380 g/mol. The highest BCUT2D eigenvalue weighted by Crippen LogP contribution is 2.17. The van der Waals surface area contributed by atoms with Crippen molar-refractivity contribution in [3.8, 4) is 0 Å². The number of amides is 1. The Bertz CT molecular complexity index is 976. The molecule has 3 aromatic rings. The Morgan fingerprint density at radius 3 is 2.11 bits per heavy atom. The fourth-order valence-electron chi connectivity index (χ4n) is 2.68. The molecule has 0 aliphatic heterocycles. The Labute approximate surface area is 159 Å². The first-order valence-corrected chi connectivity index (χ1v) is 10.2. The molecule has 0 atom stereocenters. The van der Waals surface area contributed by atoms with E-state index in [0.717, 1.165) is 5.56 Å². The molecule has 0 spiro atoms. The van der Waals surface area contributed by atoms with Gasteiger partial charge in [0.15, 0.2) is 9.84 Å². The van der Waals surface area contributed by atoms with Gasteiger partial charge in [-0.15, -0.1) is 0 Å². The first-order valence-electron chi connectivity index (χ1n) is 8.59. The van der Waals surface area contributed by atoms with Crippen LogP contribution in [0.15, 0.2) is 90.0 Å². The minimum absolute atomic E-state index is 0.110. The summed E-state index contributed by atoms with van der Waals surface area (Å²) >= 11 is 0. The van der Waals surface area contributed by atoms with Gasteiger partial charge in [-0.2, -0.15) is 0 Å². The van der Waals surface area contributed by atoms with Crippen molar-refractivity contribution in [3.63, 3.8) is 0 Å². The van der Waals surface area contributed by atoms with E-state index in [-0.39, 0.29) is 23.0 Å². The number of hydrogen-bond donors (Lipinski definition) is 0. The van der Waals surface area contributed by atoms with Crippen LogP contribution in [0, 0.1) is 0 Å². The molecule has 0 aliphatic carbocycles. The highest BCUT2D eigenvalue weighted by molar-refractivity contribution is 7.91. The van der Waals surface area contributed by atoms with Crippen LogP contribution in [0.4, 0.5) is 5.82 Å². The molecule has 0 aliphatic rings. The number of rotatable bonds is 7. The summed E-state index contributed by atoms with van der Waals surface area (Å²) in [7, 11) is -3.51. The Hall–Kier alpha value is -2.99. The van der Waals surface area contributed by atoms with Crippen molar-refractivity contribution in [1.82, 2.24) is 4.98 Å². The number of anilines is 1. The van der Waals surface area contributed by atoms with Crippen LogP contribution in [-0.4, -0.2) is 25.1 Å². The lowest BCUT2D eigenvalue weighted by molar-refractivity contribution is -0.118. The van der Waals surface area contributed by atoms with Crippen LogP contribution in [0.3, 0.4) is 0 Å². The zero-order valence-corrected chi connectivity index (χ0v) is 15.5. The van der Waals surface area contributed by atoms with Crippen molar-refractivity contribution < 1.29 is 13.2 Å². The second-order valence-corrected chi connectivity index (χ2v) is 8.14. The number of carbonyl (C=O) groups is 1. The van der Waals surface area contributed by atoms with Crippen LogP contribution in [0.2, 0.25) is 0 Å². The highest BCUT2D eigenvalue weighted by Gasteiger charge is 2.21. The molecule has 0 fully saturated rings. The van der Waals surface area contributed by atoms with Gasteiger partial charge in [-0.1, -0.05) is 54.6 Å². The Kier molecular flexibility index (Phi) is 5.98. The molecule has 3 rings (SSSR count). The second kappa shape index (κ2) is 8.60. The maximum atomic E-state index is 12.8. The molecule has 0 N–H and O–H groups in total. The normalized spacial score (nSPS) is 11.1. The molecule has 0 saturated heterocycles. The van der Waals surface area contributed by atoms with E-state index < -0.39 is 9.84 Å². The first kappa shape index (κ1) is 18.8. The van der Waals surface area contributed by atoms with Gasteiger partial charge >= 0.3 is 0 Å². The number of pyridine rings is 1. The number of benzene rings is 2. The number of nitrogens with zero attached hydrogens (tertiary/aromatic N) is 2. The number of aromatic nitrogens is 1. The minimum atomic E-state index is -3.51. The number of carbonyl (C=O) groups excluding carboxylic acids is 1. The van der Waals surface area contributed by atoms with E-state index in [1.165, 1.54) is 4.90 Å². The Balaban J connectivity index is 1.77. The summed E-state index contributed by atoms with van der Waals surface area (Å²) in [5.74, 6) is -0.0194.